The van der Waals surface area contributed by atoms with E-state index >= 15 is 0 Å². The number of halogens is 2. The second-order valence-corrected chi connectivity index (χ2v) is 10.8. The molecular weight excluding hydrogens is 587 g/mol. The minimum Gasteiger partial charge on any atom is -0.497 e. The molecule has 2 aliphatic rings. The summed E-state index contributed by atoms with van der Waals surface area (Å²) in [6.07, 6.45) is 0.127. The third-order valence-corrected chi connectivity index (χ3v) is 8.08. The van der Waals surface area contributed by atoms with Crippen LogP contribution in [-0.2, 0) is 23.9 Å². The molecule has 0 amide bonds. The molecule has 0 aromatic heterocycles. The predicted molar refractivity (Wildman–Crippen MR) is 163 cm³/mol. The van der Waals surface area contributed by atoms with Crippen LogP contribution in [0.25, 0.3) is 0 Å². The van der Waals surface area contributed by atoms with E-state index in [4.69, 9.17) is 31.5 Å². The Balaban J connectivity index is 1.83. The minimum atomic E-state index is -1.25. The van der Waals surface area contributed by atoms with Gasteiger partial charge in [-0.25, -0.2) is 9.18 Å². The lowest BCUT2D eigenvalue weighted by Gasteiger charge is -2.44. The van der Waals surface area contributed by atoms with Gasteiger partial charge in [-0.1, -0.05) is 41.9 Å². The number of hydrogen-bond acceptors (Lipinski definition) is 8. The van der Waals surface area contributed by atoms with Crippen LogP contribution in [0.1, 0.15) is 43.2 Å². The molecule has 10 heteroatoms. The molecule has 3 aromatic rings. The highest BCUT2D eigenvalue weighted by Gasteiger charge is 2.51. The van der Waals surface area contributed by atoms with Gasteiger partial charge in [-0.15, -0.1) is 0 Å². The van der Waals surface area contributed by atoms with Gasteiger partial charge >= 0.3 is 11.9 Å². The van der Waals surface area contributed by atoms with E-state index in [2.05, 4.69) is 0 Å². The van der Waals surface area contributed by atoms with E-state index in [-0.39, 0.29) is 36.6 Å². The molecule has 1 aliphatic heterocycles. The summed E-state index contributed by atoms with van der Waals surface area (Å²) < 4.78 is 30.9. The minimum absolute atomic E-state index is 0.0204. The van der Waals surface area contributed by atoms with Crippen LogP contribution in [0.15, 0.2) is 95.5 Å². The second kappa shape index (κ2) is 12.9. The van der Waals surface area contributed by atoms with Crippen molar-refractivity contribution in [2.45, 2.75) is 32.1 Å². The maximum Gasteiger partial charge on any atom is 0.338 e. The summed E-state index contributed by atoms with van der Waals surface area (Å²) >= 11 is 6.39. The number of methoxy groups -OCH3 is 1. The zero-order chi connectivity index (χ0) is 31.5. The molecule has 44 heavy (non-hydrogen) atoms. The largest absolute Gasteiger partial charge is 0.497 e. The van der Waals surface area contributed by atoms with E-state index in [0.29, 0.717) is 33.3 Å². The number of hydrogen-bond donors (Lipinski definition) is 1. The Bertz CT molecular complexity index is 1690. The average Bonchev–Trinajstić information content (AvgIpc) is 3.00. The first-order chi connectivity index (χ1) is 21.2. The van der Waals surface area contributed by atoms with Crippen molar-refractivity contribution in [3.63, 3.8) is 0 Å². The van der Waals surface area contributed by atoms with Crippen LogP contribution in [0.2, 0.25) is 5.02 Å². The quantitative estimate of drug-likeness (QED) is 0.241. The lowest BCUT2D eigenvalue weighted by molar-refractivity contribution is -0.152. The number of ether oxygens (including phenoxy) is 3. The van der Waals surface area contributed by atoms with Crippen molar-refractivity contribution < 1.29 is 33.0 Å². The van der Waals surface area contributed by atoms with Crippen LogP contribution >= 0.6 is 11.6 Å². The molecule has 1 aliphatic carbocycles. The van der Waals surface area contributed by atoms with Crippen molar-refractivity contribution in [2.24, 2.45) is 11.7 Å². The van der Waals surface area contributed by atoms with E-state index in [1.165, 1.54) is 30.2 Å². The SMILES string of the molecule is CCOC(=O)C1=C(N)N(c2cccc(F)c2)C2=C(C(=O)C(C(=O)OCC)C(c3cccc(OC)c3)C2)C1c1cccc(Cl)c1. The third-order valence-electron chi connectivity index (χ3n) is 7.84. The van der Waals surface area contributed by atoms with Crippen LogP contribution in [0.3, 0.4) is 0 Å². The maximum absolute atomic E-state index is 14.8. The molecule has 8 nitrogen and oxygen atoms in total. The lowest BCUT2D eigenvalue weighted by Crippen LogP contribution is -2.46. The first-order valence-electron chi connectivity index (χ1n) is 14.3. The molecular formula is C34H32ClFN2O6. The molecule has 3 aromatic carbocycles. The summed E-state index contributed by atoms with van der Waals surface area (Å²) in [5.41, 5.74) is 8.85. The van der Waals surface area contributed by atoms with Crippen molar-refractivity contribution in [3.05, 3.63) is 117 Å². The van der Waals surface area contributed by atoms with Gasteiger partial charge < -0.3 is 19.9 Å². The Morgan fingerprint density at radius 1 is 0.977 bits per heavy atom. The molecule has 0 saturated heterocycles. The number of nitrogens with zero attached hydrogens (tertiary/aromatic N) is 1. The number of carbonyl (C=O) groups is 3. The smallest absolute Gasteiger partial charge is 0.338 e. The third kappa shape index (κ3) is 5.67. The fourth-order valence-electron chi connectivity index (χ4n) is 6.05. The van der Waals surface area contributed by atoms with Gasteiger partial charge in [-0.2, -0.15) is 0 Å². The number of allylic oxidation sites excluding steroid dienone is 2. The summed E-state index contributed by atoms with van der Waals surface area (Å²) in [5, 5.41) is 0.374. The van der Waals surface area contributed by atoms with Gasteiger partial charge in [0.15, 0.2) is 5.78 Å². The Morgan fingerprint density at radius 2 is 1.68 bits per heavy atom. The molecule has 5 rings (SSSR count). The maximum atomic E-state index is 14.8. The van der Waals surface area contributed by atoms with Crippen molar-refractivity contribution in [1.82, 2.24) is 0 Å². The Kier molecular flexibility index (Phi) is 9.06. The van der Waals surface area contributed by atoms with Crippen LogP contribution in [0, 0.1) is 11.7 Å². The van der Waals surface area contributed by atoms with Crippen molar-refractivity contribution in [2.75, 3.05) is 25.2 Å². The zero-order valence-corrected chi connectivity index (χ0v) is 25.3. The first kappa shape index (κ1) is 30.8. The van der Waals surface area contributed by atoms with Crippen molar-refractivity contribution >= 4 is 35.0 Å². The first-order valence-corrected chi connectivity index (χ1v) is 14.6. The Hall–Kier alpha value is -4.63. The summed E-state index contributed by atoms with van der Waals surface area (Å²) in [5.74, 6) is -4.97. The Morgan fingerprint density at radius 3 is 2.36 bits per heavy atom. The predicted octanol–water partition coefficient (Wildman–Crippen LogP) is 6.01. The van der Waals surface area contributed by atoms with E-state index in [1.807, 2.05) is 6.07 Å². The van der Waals surface area contributed by atoms with Gasteiger partial charge in [-0.3, -0.25) is 14.5 Å². The van der Waals surface area contributed by atoms with E-state index in [1.54, 1.807) is 62.4 Å². The van der Waals surface area contributed by atoms with Crippen LogP contribution in [0.4, 0.5) is 10.1 Å². The molecule has 0 fully saturated rings. The van der Waals surface area contributed by atoms with Gasteiger partial charge in [0.25, 0.3) is 0 Å². The van der Waals surface area contributed by atoms with E-state index < -0.39 is 41.3 Å². The van der Waals surface area contributed by atoms with Gasteiger partial charge in [-0.05, 0) is 73.9 Å². The molecule has 3 atom stereocenters. The standard InChI is InChI=1S/C34H32ClFN2O6/c1-4-43-33(40)28-25(19-9-7-14-24(16-19)42-3)18-26-29(31(28)39)27(20-10-6-11-21(35)15-20)30(34(41)44-5-2)32(37)38(26)23-13-8-12-22(36)17-23/h6-17,25,27-28H,4-5,18,37H2,1-3H3. The topological polar surface area (TPSA) is 108 Å². The fourth-order valence-corrected chi connectivity index (χ4v) is 6.25. The number of rotatable bonds is 8. The number of Topliss-reactive ketones (excluding diaryl/α,β-unsaturated/α-hetero) is 1. The Labute approximate surface area is 259 Å². The summed E-state index contributed by atoms with van der Waals surface area (Å²) in [7, 11) is 1.53. The monoisotopic (exact) mass is 618 g/mol. The number of nitrogens with two attached hydrogens (primary N) is 1. The van der Waals surface area contributed by atoms with E-state index in [0.717, 1.165) is 0 Å². The molecule has 1 heterocycles. The highest BCUT2D eigenvalue weighted by Crippen LogP contribution is 2.52. The van der Waals surface area contributed by atoms with Crippen molar-refractivity contribution in [3.8, 4) is 5.75 Å². The van der Waals surface area contributed by atoms with Gasteiger partial charge in [0.1, 0.15) is 23.3 Å². The molecule has 0 spiro atoms. The number of benzene rings is 3. The van der Waals surface area contributed by atoms with Crippen LogP contribution in [0.5, 0.6) is 5.75 Å². The number of ketones is 1. The molecule has 0 saturated carbocycles. The van der Waals surface area contributed by atoms with Gasteiger partial charge in [0.2, 0.25) is 0 Å². The molecule has 2 N–H and O–H groups in total. The van der Waals surface area contributed by atoms with Crippen LogP contribution < -0.4 is 15.4 Å². The fraction of sp³-hybridized carbons (Fsp3) is 0.265. The molecule has 228 valence electrons. The van der Waals surface area contributed by atoms with Gasteiger partial charge in [0.05, 0.1) is 37.5 Å². The normalized spacial score (nSPS) is 19.9. The summed E-state index contributed by atoms with van der Waals surface area (Å²) in [6.45, 7) is 3.43. The lowest BCUT2D eigenvalue weighted by atomic mass is 9.67. The summed E-state index contributed by atoms with van der Waals surface area (Å²) in [6, 6.07) is 19.5. The molecule has 3 unspecified atom stereocenters. The second-order valence-electron chi connectivity index (χ2n) is 10.4. The highest BCUT2D eigenvalue weighted by molar-refractivity contribution is 6.30. The van der Waals surface area contributed by atoms with E-state index in [9.17, 15) is 18.8 Å². The van der Waals surface area contributed by atoms with Gasteiger partial charge in [0, 0.05) is 22.2 Å². The highest BCUT2D eigenvalue weighted by atomic mass is 35.5. The number of esters is 2. The summed E-state index contributed by atoms with van der Waals surface area (Å²) in [4.78, 5) is 43.6. The zero-order valence-electron chi connectivity index (χ0n) is 24.5. The molecule has 0 bridgehead atoms. The number of carbonyl (C=O) groups excluding carboxylic acids is 3. The average molecular weight is 619 g/mol. The van der Waals surface area contributed by atoms with Crippen LogP contribution in [-0.4, -0.2) is 38.0 Å². The molecule has 0 radical (unpaired) electrons. The van der Waals surface area contributed by atoms with Crippen molar-refractivity contribution in [1.29, 1.82) is 0 Å². The number of anilines is 1.